The van der Waals surface area contributed by atoms with Gasteiger partial charge in [-0.3, -0.25) is 4.79 Å². The number of ether oxygens (including phenoxy) is 3. The number of carboxylic acids is 1. The second-order valence-corrected chi connectivity index (χ2v) is 6.12. The zero-order valence-electron chi connectivity index (χ0n) is 15.1. The minimum atomic E-state index is -1.14. The summed E-state index contributed by atoms with van der Waals surface area (Å²) < 4.78 is 16.0. The van der Waals surface area contributed by atoms with Crippen molar-refractivity contribution < 1.29 is 28.9 Å². The lowest BCUT2D eigenvalue weighted by Gasteiger charge is -2.39. The molecule has 27 heavy (non-hydrogen) atoms. The third kappa shape index (κ3) is 3.88. The Balaban J connectivity index is 1.99. The molecule has 1 aliphatic heterocycles. The highest BCUT2D eigenvalue weighted by Crippen LogP contribution is 2.34. The number of hydrogen-bond donors (Lipinski definition) is 1. The summed E-state index contributed by atoms with van der Waals surface area (Å²) in [6.45, 7) is -0.0858. The lowest BCUT2D eigenvalue weighted by molar-refractivity contribution is -0.174. The molecular formula is C20H21NO6. The van der Waals surface area contributed by atoms with Crippen LogP contribution >= 0.6 is 0 Å². The molecule has 1 amide bonds. The molecule has 0 bridgehead atoms. The van der Waals surface area contributed by atoms with Crippen molar-refractivity contribution in [2.45, 2.75) is 18.7 Å². The maximum absolute atomic E-state index is 12.6. The van der Waals surface area contributed by atoms with Crippen molar-refractivity contribution in [2.24, 2.45) is 0 Å². The number of nitrogens with zero attached hydrogens (tertiary/aromatic N) is 1. The topological polar surface area (TPSA) is 85.3 Å². The second kappa shape index (κ2) is 8.09. The molecule has 0 spiro atoms. The van der Waals surface area contributed by atoms with Gasteiger partial charge in [-0.25, -0.2) is 4.79 Å². The first-order valence-corrected chi connectivity index (χ1v) is 8.45. The van der Waals surface area contributed by atoms with Gasteiger partial charge >= 0.3 is 5.97 Å². The van der Waals surface area contributed by atoms with Gasteiger partial charge in [0, 0.05) is 11.6 Å². The van der Waals surface area contributed by atoms with Gasteiger partial charge in [0.2, 0.25) is 5.91 Å². The van der Waals surface area contributed by atoms with Crippen LogP contribution < -0.4 is 9.47 Å². The maximum atomic E-state index is 12.6. The number of benzene rings is 2. The molecule has 0 unspecified atom stereocenters. The number of aliphatic carboxylic acids is 1. The lowest BCUT2D eigenvalue weighted by Crippen LogP contribution is -2.51. The average Bonchev–Trinajstić information content (AvgIpc) is 2.69. The zero-order chi connectivity index (χ0) is 19.4. The van der Waals surface area contributed by atoms with Gasteiger partial charge < -0.3 is 24.2 Å². The van der Waals surface area contributed by atoms with E-state index in [1.165, 1.54) is 12.0 Å². The van der Waals surface area contributed by atoms with E-state index >= 15 is 0 Å². The number of amides is 1. The highest BCUT2D eigenvalue weighted by atomic mass is 16.5. The highest BCUT2D eigenvalue weighted by Gasteiger charge is 2.42. The maximum Gasteiger partial charge on any atom is 0.335 e. The van der Waals surface area contributed by atoms with Gasteiger partial charge in [0.15, 0.2) is 6.10 Å². The summed E-state index contributed by atoms with van der Waals surface area (Å²) >= 11 is 0. The number of morpholine rings is 1. The van der Waals surface area contributed by atoms with Crippen molar-refractivity contribution in [3.63, 3.8) is 0 Å². The van der Waals surface area contributed by atoms with Gasteiger partial charge in [-0.15, -0.1) is 0 Å². The van der Waals surface area contributed by atoms with Crippen LogP contribution in [0.5, 0.6) is 11.5 Å². The molecular weight excluding hydrogens is 350 g/mol. The molecule has 0 radical (unpaired) electrons. The van der Waals surface area contributed by atoms with E-state index < -0.39 is 18.1 Å². The lowest BCUT2D eigenvalue weighted by atomic mass is 9.97. The van der Waals surface area contributed by atoms with Crippen molar-refractivity contribution in [1.82, 2.24) is 4.90 Å². The normalized spacial score (nSPS) is 19.6. The third-order valence-electron chi connectivity index (χ3n) is 4.55. The van der Waals surface area contributed by atoms with Crippen molar-refractivity contribution in [3.05, 3.63) is 59.7 Å². The van der Waals surface area contributed by atoms with Crippen LogP contribution in [-0.4, -0.2) is 48.8 Å². The van der Waals surface area contributed by atoms with Crippen LogP contribution in [0.3, 0.4) is 0 Å². The molecule has 0 aliphatic carbocycles. The van der Waals surface area contributed by atoms with Gasteiger partial charge in [-0.05, 0) is 17.7 Å². The van der Waals surface area contributed by atoms with Crippen LogP contribution in [0.2, 0.25) is 0 Å². The number of carboxylic acid groups (broad SMARTS) is 1. The summed E-state index contributed by atoms with van der Waals surface area (Å²) in [5.41, 5.74) is 1.45. The summed E-state index contributed by atoms with van der Waals surface area (Å²) in [6.07, 6.45) is -1.14. The van der Waals surface area contributed by atoms with Crippen LogP contribution in [0.25, 0.3) is 0 Å². The molecule has 142 valence electrons. The van der Waals surface area contributed by atoms with Gasteiger partial charge in [-0.1, -0.05) is 30.3 Å². The fraction of sp³-hybridized carbons (Fsp3) is 0.300. The Morgan fingerprint density at radius 2 is 1.93 bits per heavy atom. The minimum Gasteiger partial charge on any atom is -0.497 e. The van der Waals surface area contributed by atoms with E-state index in [9.17, 15) is 14.7 Å². The Morgan fingerprint density at radius 1 is 1.19 bits per heavy atom. The van der Waals surface area contributed by atoms with E-state index in [0.29, 0.717) is 17.1 Å². The Hall–Kier alpha value is -3.06. The fourth-order valence-corrected chi connectivity index (χ4v) is 3.22. The molecule has 0 saturated carbocycles. The Morgan fingerprint density at radius 3 is 2.56 bits per heavy atom. The number of carbonyl (C=O) groups excluding carboxylic acids is 1. The first-order chi connectivity index (χ1) is 13.0. The molecule has 2 aromatic rings. The summed E-state index contributed by atoms with van der Waals surface area (Å²) in [5.74, 6) is -0.193. The smallest absolute Gasteiger partial charge is 0.335 e. The molecule has 1 fully saturated rings. The van der Waals surface area contributed by atoms with Crippen LogP contribution in [0.1, 0.15) is 17.2 Å². The predicted octanol–water partition coefficient (Wildman–Crippen LogP) is 2.26. The minimum absolute atomic E-state index is 0.193. The molecule has 2 atom stereocenters. The highest BCUT2D eigenvalue weighted by molar-refractivity contribution is 5.83. The number of carbonyl (C=O) groups is 2. The average molecular weight is 371 g/mol. The number of rotatable bonds is 6. The summed E-state index contributed by atoms with van der Waals surface area (Å²) in [6, 6.07) is 13.6. The molecule has 2 aromatic carbocycles. The quantitative estimate of drug-likeness (QED) is 0.838. The van der Waals surface area contributed by atoms with Crippen LogP contribution in [0.15, 0.2) is 48.5 Å². The predicted molar refractivity (Wildman–Crippen MR) is 96.7 cm³/mol. The van der Waals surface area contributed by atoms with Crippen LogP contribution in [0.4, 0.5) is 0 Å². The van der Waals surface area contributed by atoms with Gasteiger partial charge in [0.05, 0.1) is 26.8 Å². The summed E-state index contributed by atoms with van der Waals surface area (Å²) in [5, 5.41) is 9.60. The van der Waals surface area contributed by atoms with Gasteiger partial charge in [-0.2, -0.15) is 0 Å². The molecule has 7 heteroatoms. The molecule has 1 saturated heterocycles. The fourth-order valence-electron chi connectivity index (χ4n) is 3.22. The molecule has 1 heterocycles. The van der Waals surface area contributed by atoms with Crippen molar-refractivity contribution in [3.8, 4) is 11.5 Å². The number of hydrogen-bond acceptors (Lipinski definition) is 5. The second-order valence-electron chi connectivity index (χ2n) is 6.12. The Kier molecular flexibility index (Phi) is 5.61. The summed E-state index contributed by atoms with van der Waals surface area (Å²) in [4.78, 5) is 25.9. The molecule has 1 aliphatic rings. The number of methoxy groups -OCH3 is 2. The van der Waals surface area contributed by atoms with Gasteiger partial charge in [0.1, 0.15) is 18.1 Å². The zero-order valence-corrected chi connectivity index (χ0v) is 15.1. The first-order valence-electron chi connectivity index (χ1n) is 8.45. The van der Waals surface area contributed by atoms with E-state index in [1.54, 1.807) is 49.6 Å². The van der Waals surface area contributed by atoms with Crippen molar-refractivity contribution >= 4 is 11.9 Å². The largest absolute Gasteiger partial charge is 0.497 e. The van der Waals surface area contributed by atoms with E-state index in [-0.39, 0.29) is 19.1 Å². The van der Waals surface area contributed by atoms with Crippen molar-refractivity contribution in [2.75, 3.05) is 20.8 Å². The van der Waals surface area contributed by atoms with E-state index in [2.05, 4.69) is 0 Å². The third-order valence-corrected chi connectivity index (χ3v) is 4.55. The molecule has 0 aromatic heterocycles. The van der Waals surface area contributed by atoms with Gasteiger partial charge in [0.25, 0.3) is 0 Å². The summed E-state index contributed by atoms with van der Waals surface area (Å²) in [7, 11) is 3.09. The molecule has 7 nitrogen and oxygen atoms in total. The van der Waals surface area contributed by atoms with E-state index in [1.807, 2.05) is 6.07 Å². The van der Waals surface area contributed by atoms with Crippen LogP contribution in [-0.2, 0) is 20.9 Å². The van der Waals surface area contributed by atoms with Crippen molar-refractivity contribution in [1.29, 1.82) is 0 Å². The standard InChI is InChI=1S/C20H21NO6/c1-25-15-9-8-14(16(10-15)26-2)11-21-17(22)12-27-19(20(23)24)18(21)13-6-4-3-5-7-13/h3-10,18-19H,11-12H2,1-2H3,(H,23,24)/t18-,19+/m1/s1. The Bertz CT molecular complexity index is 822. The molecule has 3 rings (SSSR count). The molecule has 1 N–H and O–H groups in total. The SMILES string of the molecule is COc1ccc(CN2C(=O)CO[C@H](C(=O)O)[C@H]2c2ccccc2)c(OC)c1. The first kappa shape index (κ1) is 18.7. The van der Waals surface area contributed by atoms with E-state index in [4.69, 9.17) is 14.2 Å². The van der Waals surface area contributed by atoms with Crippen LogP contribution in [0, 0.1) is 0 Å². The Labute approximate surface area is 157 Å². The van der Waals surface area contributed by atoms with E-state index in [0.717, 1.165) is 5.56 Å². The monoisotopic (exact) mass is 371 g/mol.